The van der Waals surface area contributed by atoms with Crippen LogP contribution in [0.4, 0.5) is 0 Å². The molecular weight excluding hydrogens is 290 g/mol. The number of rotatable bonds is 4. The summed E-state index contributed by atoms with van der Waals surface area (Å²) in [5.74, 6) is -0.143. The minimum atomic E-state index is -2.69. The minimum Gasteiger partial charge on any atom is -0.493 e. The van der Waals surface area contributed by atoms with E-state index in [9.17, 15) is 5.11 Å². The lowest BCUT2D eigenvalue weighted by atomic mass is 9.79. The van der Waals surface area contributed by atoms with Gasteiger partial charge in [0.25, 0.3) is 0 Å². The van der Waals surface area contributed by atoms with E-state index in [0.717, 1.165) is 5.56 Å². The molecule has 3 unspecified atom stereocenters. The number of nitrogens with zero attached hydrogens (tertiary/aromatic N) is 1. The molecule has 0 bridgehead atoms. The average Bonchev–Trinajstić information content (AvgIpc) is 2.57. The lowest BCUT2D eigenvalue weighted by molar-refractivity contribution is -0.0191. The SMILES string of the molecule is [2H]C([2H])([2H])Oc1cc2c(cc1OC)CCN1C2([2H])CC(O)C(CC(C)C)C1([2H])[2H]. The molecule has 3 rings (SSSR count). The van der Waals surface area contributed by atoms with E-state index in [1.807, 2.05) is 13.8 Å². The molecule has 2 aliphatic heterocycles. The summed E-state index contributed by atoms with van der Waals surface area (Å²) < 4.78 is 59.2. The highest BCUT2D eigenvalue weighted by atomic mass is 16.5. The second-order valence-corrected chi connectivity index (χ2v) is 6.75. The summed E-state index contributed by atoms with van der Waals surface area (Å²) in [6.07, 6.45) is 0.0611. The smallest absolute Gasteiger partial charge is 0.161 e. The van der Waals surface area contributed by atoms with E-state index < -0.39 is 31.6 Å². The molecule has 1 aromatic rings. The number of hydrogen-bond donors (Lipinski definition) is 1. The summed E-state index contributed by atoms with van der Waals surface area (Å²) >= 11 is 0. The third-order valence-electron chi connectivity index (χ3n) is 4.65. The van der Waals surface area contributed by atoms with Gasteiger partial charge in [-0.25, -0.2) is 0 Å². The molecule has 4 nitrogen and oxygen atoms in total. The van der Waals surface area contributed by atoms with Crippen LogP contribution in [0.15, 0.2) is 12.1 Å². The fourth-order valence-corrected chi connectivity index (χ4v) is 3.54. The Labute approximate surface area is 147 Å². The van der Waals surface area contributed by atoms with Crippen molar-refractivity contribution >= 4 is 0 Å². The normalized spacial score (nSPS) is 37.3. The van der Waals surface area contributed by atoms with Crippen molar-refractivity contribution in [3.63, 3.8) is 0 Å². The molecule has 1 N–H and O–H groups in total. The fraction of sp³-hybridized carbons (Fsp3) is 0.684. The summed E-state index contributed by atoms with van der Waals surface area (Å²) in [5.41, 5.74) is 1.23. The minimum absolute atomic E-state index is 0.0147. The zero-order chi connectivity index (χ0) is 21.8. The van der Waals surface area contributed by atoms with Gasteiger partial charge in [-0.05, 0) is 54.4 Å². The van der Waals surface area contributed by atoms with Gasteiger partial charge in [0.1, 0.15) is 0 Å². The van der Waals surface area contributed by atoms with Crippen LogP contribution in [0.3, 0.4) is 0 Å². The van der Waals surface area contributed by atoms with Crippen molar-refractivity contribution in [3.8, 4) is 11.5 Å². The van der Waals surface area contributed by atoms with Crippen molar-refractivity contribution in [3.05, 3.63) is 23.3 Å². The Kier molecular flexibility index (Phi) is 3.08. The molecule has 4 heteroatoms. The molecule has 2 heterocycles. The summed E-state index contributed by atoms with van der Waals surface area (Å²) in [5, 5.41) is 10.8. The molecule has 0 radical (unpaired) electrons. The highest BCUT2D eigenvalue weighted by Crippen LogP contribution is 2.43. The topological polar surface area (TPSA) is 41.9 Å². The molecule has 0 aromatic heterocycles. The van der Waals surface area contributed by atoms with Crippen molar-refractivity contribution in [2.24, 2.45) is 11.8 Å². The van der Waals surface area contributed by atoms with Crippen LogP contribution in [-0.4, -0.2) is 43.3 Å². The zero-order valence-electron chi connectivity index (χ0n) is 19.9. The Bertz CT molecular complexity index is 769. The van der Waals surface area contributed by atoms with Gasteiger partial charge in [-0.1, -0.05) is 13.8 Å². The number of fused-ring (bicyclic) bond motifs is 3. The molecule has 1 aromatic carbocycles. The Hall–Kier alpha value is -1.26. The molecule has 128 valence electrons. The molecule has 1 saturated heterocycles. The molecule has 0 aliphatic carbocycles. The fourth-order valence-electron chi connectivity index (χ4n) is 3.54. The molecule has 23 heavy (non-hydrogen) atoms. The van der Waals surface area contributed by atoms with Gasteiger partial charge in [-0.15, -0.1) is 0 Å². The van der Waals surface area contributed by atoms with Crippen molar-refractivity contribution in [1.82, 2.24) is 4.90 Å². The molecule has 0 amide bonds. The van der Waals surface area contributed by atoms with E-state index in [1.54, 1.807) is 6.07 Å². The molecule has 2 aliphatic rings. The Morgan fingerprint density at radius 3 is 2.91 bits per heavy atom. The van der Waals surface area contributed by atoms with Crippen molar-refractivity contribution in [2.45, 2.75) is 45.2 Å². The first kappa shape index (κ1) is 10.6. The summed E-state index contributed by atoms with van der Waals surface area (Å²) in [7, 11) is -1.27. The number of aliphatic hydroxyl groups excluding tert-OH is 1. The summed E-state index contributed by atoms with van der Waals surface area (Å²) in [4.78, 5) is 1.51. The van der Waals surface area contributed by atoms with Gasteiger partial charge in [-0.3, -0.25) is 4.90 Å². The Morgan fingerprint density at radius 1 is 1.43 bits per heavy atom. The molecule has 1 fully saturated rings. The van der Waals surface area contributed by atoms with Crippen LogP contribution in [0.5, 0.6) is 11.5 Å². The Morgan fingerprint density at radius 2 is 2.22 bits per heavy atom. The van der Waals surface area contributed by atoms with Gasteiger partial charge in [0.05, 0.1) is 25.7 Å². The third-order valence-corrected chi connectivity index (χ3v) is 4.65. The van der Waals surface area contributed by atoms with Crippen LogP contribution in [0.1, 0.15) is 52.1 Å². The van der Waals surface area contributed by atoms with Crippen LogP contribution >= 0.6 is 0 Å². The second kappa shape index (κ2) is 6.70. The number of ether oxygens (including phenoxy) is 2. The summed E-state index contributed by atoms with van der Waals surface area (Å²) in [6, 6.07) is 1.60. The lowest BCUT2D eigenvalue weighted by Gasteiger charge is -2.46. The highest BCUT2D eigenvalue weighted by Gasteiger charge is 2.38. The highest BCUT2D eigenvalue weighted by molar-refractivity contribution is 5.49. The van der Waals surface area contributed by atoms with Crippen molar-refractivity contribution < 1.29 is 22.8 Å². The number of aliphatic hydroxyl groups is 1. The molecule has 3 atom stereocenters. The summed E-state index contributed by atoms with van der Waals surface area (Å²) in [6.45, 7) is 2.43. The van der Waals surface area contributed by atoms with Crippen LogP contribution in [-0.2, 0) is 6.42 Å². The van der Waals surface area contributed by atoms with E-state index >= 15 is 0 Å². The number of benzene rings is 1. The largest absolute Gasteiger partial charge is 0.493 e. The molecule has 0 saturated carbocycles. The zero-order valence-corrected chi connectivity index (χ0v) is 13.9. The number of piperidine rings is 1. The standard InChI is InChI=1S/C19H29NO3/c1-12(2)7-14-11-20-6-5-13-8-18(22-3)19(23-4)9-15(13)16(20)10-17(14)21/h8-9,12,14,16-17,21H,5-7,10-11H2,1-4H3/i4D3,11D2,16D. The third kappa shape index (κ3) is 3.20. The molecule has 0 spiro atoms. The number of hydrogen-bond acceptors (Lipinski definition) is 4. The van der Waals surface area contributed by atoms with Gasteiger partial charge in [-0.2, -0.15) is 0 Å². The molecular formula is C19H29NO3. The quantitative estimate of drug-likeness (QED) is 0.924. The van der Waals surface area contributed by atoms with Crippen LogP contribution < -0.4 is 9.47 Å². The first-order valence-corrected chi connectivity index (χ1v) is 8.16. The first-order chi connectivity index (χ1) is 13.3. The number of methoxy groups -OCH3 is 2. The Balaban J connectivity index is 2.08. The average molecular weight is 325 g/mol. The van der Waals surface area contributed by atoms with E-state index in [1.165, 1.54) is 18.1 Å². The van der Waals surface area contributed by atoms with Crippen LogP contribution in [0.25, 0.3) is 0 Å². The van der Waals surface area contributed by atoms with Gasteiger partial charge in [0, 0.05) is 21.8 Å². The van der Waals surface area contributed by atoms with E-state index in [-0.39, 0.29) is 23.8 Å². The second-order valence-electron chi connectivity index (χ2n) is 6.75. The predicted octanol–water partition coefficient (Wildman–Crippen LogP) is 3.03. The maximum Gasteiger partial charge on any atom is 0.161 e. The maximum atomic E-state index is 10.8. The van der Waals surface area contributed by atoms with Crippen molar-refractivity contribution in [2.75, 3.05) is 27.2 Å². The van der Waals surface area contributed by atoms with Crippen LogP contribution in [0.2, 0.25) is 0 Å². The van der Waals surface area contributed by atoms with Crippen molar-refractivity contribution in [1.29, 1.82) is 0 Å². The van der Waals surface area contributed by atoms with Gasteiger partial charge in [0.15, 0.2) is 11.5 Å². The first-order valence-electron chi connectivity index (χ1n) is 11.2. The van der Waals surface area contributed by atoms with Gasteiger partial charge >= 0.3 is 0 Å². The maximum absolute atomic E-state index is 10.8. The van der Waals surface area contributed by atoms with Crippen LogP contribution in [0, 0.1) is 11.8 Å². The van der Waals surface area contributed by atoms with E-state index in [0.29, 0.717) is 24.9 Å². The lowest BCUT2D eigenvalue weighted by Crippen LogP contribution is -2.48. The predicted molar refractivity (Wildman–Crippen MR) is 91.1 cm³/mol. The monoisotopic (exact) mass is 325 g/mol. The van der Waals surface area contributed by atoms with E-state index in [2.05, 4.69) is 0 Å². The van der Waals surface area contributed by atoms with Gasteiger partial charge < -0.3 is 14.6 Å². The van der Waals surface area contributed by atoms with E-state index in [4.69, 9.17) is 17.7 Å². The van der Waals surface area contributed by atoms with Gasteiger partial charge in [0.2, 0.25) is 0 Å².